The number of urea groups is 1. The zero-order chi connectivity index (χ0) is 20.7. The molecule has 0 radical (unpaired) electrons. The van der Waals surface area contributed by atoms with Gasteiger partial charge in [-0.2, -0.15) is 0 Å². The number of carbonyl (C=O) groups excluding carboxylic acids is 1. The maximum absolute atomic E-state index is 12.3. The van der Waals surface area contributed by atoms with Gasteiger partial charge < -0.3 is 20.2 Å². The molecule has 0 aliphatic rings. The van der Waals surface area contributed by atoms with Gasteiger partial charge in [-0.25, -0.2) is 17.9 Å². The summed E-state index contributed by atoms with van der Waals surface area (Å²) in [5.41, 5.74) is 1.06. The van der Waals surface area contributed by atoms with Crippen molar-refractivity contribution in [3.63, 3.8) is 0 Å². The van der Waals surface area contributed by atoms with E-state index in [4.69, 9.17) is 16.3 Å². The topological polar surface area (TPSA) is 120 Å². The van der Waals surface area contributed by atoms with Gasteiger partial charge in [0.05, 0.1) is 12.0 Å². The molecule has 150 valence electrons. The van der Waals surface area contributed by atoms with E-state index < -0.39 is 22.0 Å². The summed E-state index contributed by atoms with van der Waals surface area (Å²) >= 11 is 5.91. The van der Waals surface area contributed by atoms with Crippen LogP contribution in [0.4, 0.5) is 4.79 Å². The number of rotatable bonds is 7. The first-order valence-electron chi connectivity index (χ1n) is 8.15. The quantitative estimate of drug-likeness (QED) is 0.513. The normalized spacial score (nSPS) is 11.8. The molecule has 2 amide bonds. The molecule has 0 aromatic heterocycles. The fraction of sp³-hybridized carbons (Fsp3) is 0.222. The van der Waals surface area contributed by atoms with Crippen molar-refractivity contribution < 1.29 is 23.1 Å². The molecule has 2 rings (SSSR count). The highest BCUT2D eigenvalue weighted by molar-refractivity contribution is 7.90. The van der Waals surface area contributed by atoms with E-state index in [9.17, 15) is 18.3 Å². The van der Waals surface area contributed by atoms with Gasteiger partial charge in [0.15, 0.2) is 0 Å². The van der Waals surface area contributed by atoms with Crippen molar-refractivity contribution in [2.24, 2.45) is 4.99 Å². The number of ether oxygens (including phenoxy) is 1. The van der Waals surface area contributed by atoms with Crippen LogP contribution in [0.5, 0.6) is 5.75 Å². The van der Waals surface area contributed by atoms with Crippen LogP contribution in [0, 0.1) is 0 Å². The van der Waals surface area contributed by atoms with E-state index in [0.29, 0.717) is 17.2 Å². The Kier molecular flexibility index (Phi) is 7.24. The average Bonchev–Trinajstić information content (AvgIpc) is 2.67. The third-order valence-corrected chi connectivity index (χ3v) is 5.32. The Morgan fingerprint density at radius 3 is 2.50 bits per heavy atom. The van der Waals surface area contributed by atoms with E-state index in [0.717, 1.165) is 5.56 Å². The van der Waals surface area contributed by atoms with Gasteiger partial charge in [-0.3, -0.25) is 0 Å². The highest BCUT2D eigenvalue weighted by Gasteiger charge is 2.16. The Morgan fingerprint density at radius 2 is 1.89 bits per heavy atom. The number of methoxy groups -OCH3 is 1. The summed E-state index contributed by atoms with van der Waals surface area (Å²) in [5.74, 6) is -0.0651. The van der Waals surface area contributed by atoms with Crippen molar-refractivity contribution in [1.29, 1.82) is 0 Å². The van der Waals surface area contributed by atoms with E-state index in [1.165, 1.54) is 32.4 Å². The predicted octanol–water partition coefficient (Wildman–Crippen LogP) is 1.32. The minimum Gasteiger partial charge on any atom is -0.858 e. The third kappa shape index (κ3) is 5.61. The van der Waals surface area contributed by atoms with Gasteiger partial charge in [0.25, 0.3) is 10.0 Å². The molecule has 0 atom stereocenters. The van der Waals surface area contributed by atoms with Gasteiger partial charge in [0.2, 0.25) is 0 Å². The van der Waals surface area contributed by atoms with E-state index in [2.05, 4.69) is 10.3 Å². The molecule has 8 nitrogen and oxygen atoms in total. The van der Waals surface area contributed by atoms with E-state index in [1.807, 2.05) is 4.72 Å². The van der Waals surface area contributed by atoms with Crippen molar-refractivity contribution in [3.05, 3.63) is 58.6 Å². The van der Waals surface area contributed by atoms with Crippen LogP contribution in [0.1, 0.15) is 11.1 Å². The van der Waals surface area contributed by atoms with Crippen LogP contribution in [-0.4, -0.2) is 41.0 Å². The SMILES string of the molecule is CNC(=O)NS(=O)(=O)c1ccc(CCN=C([O-])c2cc(Cl)ccc2OC)cc1. The van der Waals surface area contributed by atoms with Crippen molar-refractivity contribution in [1.82, 2.24) is 10.0 Å². The lowest BCUT2D eigenvalue weighted by molar-refractivity contribution is -0.213. The number of nitrogens with one attached hydrogen (secondary N) is 2. The van der Waals surface area contributed by atoms with E-state index in [-0.39, 0.29) is 17.0 Å². The summed E-state index contributed by atoms with van der Waals surface area (Å²) in [6, 6.07) is 9.83. The van der Waals surface area contributed by atoms with E-state index >= 15 is 0 Å². The number of aliphatic imine (C=N–C) groups is 1. The Bertz CT molecular complexity index is 975. The Balaban J connectivity index is 2.05. The number of hydrogen-bond acceptors (Lipinski definition) is 6. The summed E-state index contributed by atoms with van der Waals surface area (Å²) in [5, 5.41) is 14.8. The number of halogens is 1. The molecule has 0 spiro atoms. The van der Waals surface area contributed by atoms with Crippen LogP contribution in [-0.2, 0) is 16.4 Å². The lowest BCUT2D eigenvalue weighted by Crippen LogP contribution is -2.37. The van der Waals surface area contributed by atoms with Crippen LogP contribution in [0.15, 0.2) is 52.4 Å². The molecule has 2 aromatic rings. The second-order valence-electron chi connectivity index (χ2n) is 5.61. The van der Waals surface area contributed by atoms with Gasteiger partial charge in [0, 0.05) is 24.2 Å². The standard InChI is InChI=1S/C18H20ClN3O5S/c1-20-18(24)22-28(25,26)14-6-3-12(4-7-14)9-10-21-17(23)15-11-13(19)5-8-16(15)27-2/h3-8,11H,9-10H2,1-2H3,(H,21,23)(H2,20,22,24)/p-1. The first kappa shape index (κ1) is 21.5. The first-order valence-corrected chi connectivity index (χ1v) is 10.0. The fourth-order valence-electron chi connectivity index (χ4n) is 2.29. The monoisotopic (exact) mass is 424 g/mol. The number of amides is 2. The zero-order valence-electron chi connectivity index (χ0n) is 15.2. The number of carbonyl (C=O) groups is 1. The Labute approximate surface area is 168 Å². The third-order valence-electron chi connectivity index (χ3n) is 3.74. The summed E-state index contributed by atoms with van der Waals surface area (Å²) in [6.45, 7) is 0.205. The van der Waals surface area contributed by atoms with Gasteiger partial charge >= 0.3 is 6.03 Å². The van der Waals surface area contributed by atoms with Crippen LogP contribution in [0.2, 0.25) is 5.02 Å². The Hall–Kier alpha value is -2.78. The number of hydrogen-bond donors (Lipinski definition) is 2. The van der Waals surface area contributed by atoms with Gasteiger partial charge in [-0.05, 0) is 48.2 Å². The van der Waals surface area contributed by atoms with Gasteiger partial charge in [-0.1, -0.05) is 23.7 Å². The molecular formula is C18H19ClN3O5S-. The molecule has 0 saturated carbocycles. The summed E-state index contributed by atoms with van der Waals surface area (Å²) in [7, 11) is -1.17. The summed E-state index contributed by atoms with van der Waals surface area (Å²) in [6.07, 6.45) is 0.428. The number of benzene rings is 2. The zero-order valence-corrected chi connectivity index (χ0v) is 16.8. The number of nitrogens with zero attached hydrogens (tertiary/aromatic N) is 1. The molecule has 0 bridgehead atoms. The fourth-order valence-corrected chi connectivity index (χ4v) is 3.42. The summed E-state index contributed by atoms with van der Waals surface area (Å²) in [4.78, 5) is 15.1. The predicted molar refractivity (Wildman–Crippen MR) is 104 cm³/mol. The van der Waals surface area contributed by atoms with Crippen LogP contribution in [0.25, 0.3) is 0 Å². The molecule has 0 unspecified atom stereocenters. The molecule has 0 aliphatic carbocycles. The highest BCUT2D eigenvalue weighted by atomic mass is 35.5. The number of sulfonamides is 1. The molecule has 28 heavy (non-hydrogen) atoms. The van der Waals surface area contributed by atoms with Crippen LogP contribution in [0.3, 0.4) is 0 Å². The molecule has 2 N–H and O–H groups in total. The summed E-state index contributed by atoms with van der Waals surface area (Å²) < 4.78 is 31.0. The van der Waals surface area contributed by atoms with Crippen molar-refractivity contribution in [3.8, 4) is 5.75 Å². The molecular weight excluding hydrogens is 406 g/mol. The van der Waals surface area contributed by atoms with E-state index in [1.54, 1.807) is 24.3 Å². The second kappa shape index (κ2) is 9.43. The van der Waals surface area contributed by atoms with Crippen molar-refractivity contribution in [2.75, 3.05) is 20.7 Å². The molecule has 0 fully saturated rings. The molecule has 0 aliphatic heterocycles. The maximum atomic E-state index is 12.3. The molecule has 0 heterocycles. The lowest BCUT2D eigenvalue weighted by atomic mass is 10.1. The maximum Gasteiger partial charge on any atom is 0.328 e. The van der Waals surface area contributed by atoms with Gasteiger partial charge in [-0.15, -0.1) is 0 Å². The molecule has 10 heteroatoms. The van der Waals surface area contributed by atoms with Gasteiger partial charge in [0.1, 0.15) is 5.75 Å². The second-order valence-corrected chi connectivity index (χ2v) is 7.73. The highest BCUT2D eigenvalue weighted by Crippen LogP contribution is 2.22. The largest absolute Gasteiger partial charge is 0.858 e. The molecule has 2 aromatic carbocycles. The minimum atomic E-state index is -3.94. The van der Waals surface area contributed by atoms with Crippen LogP contribution >= 0.6 is 11.6 Å². The van der Waals surface area contributed by atoms with Crippen molar-refractivity contribution in [2.45, 2.75) is 11.3 Å². The molecule has 0 saturated heterocycles. The lowest BCUT2D eigenvalue weighted by Gasteiger charge is -2.15. The average molecular weight is 425 g/mol. The minimum absolute atomic E-state index is 0.0449. The van der Waals surface area contributed by atoms with Crippen molar-refractivity contribution >= 4 is 33.6 Å². The smallest absolute Gasteiger partial charge is 0.328 e. The first-order chi connectivity index (χ1) is 13.3. The van der Waals surface area contributed by atoms with Crippen LogP contribution < -0.4 is 19.9 Å². The Morgan fingerprint density at radius 1 is 1.21 bits per heavy atom.